The van der Waals surface area contributed by atoms with Gasteiger partial charge in [0, 0.05) is 31.7 Å². The summed E-state index contributed by atoms with van der Waals surface area (Å²) in [6.07, 6.45) is 0.964. The first-order chi connectivity index (χ1) is 16.5. The van der Waals surface area contributed by atoms with Gasteiger partial charge < -0.3 is 19.9 Å². The number of fused-ring (bicyclic) bond motifs is 1. The third-order valence-electron chi connectivity index (χ3n) is 6.46. The van der Waals surface area contributed by atoms with Crippen molar-refractivity contribution >= 4 is 28.2 Å². The molecule has 180 valence electrons. The van der Waals surface area contributed by atoms with Crippen LogP contribution in [0.5, 0.6) is 0 Å². The molecule has 1 atom stereocenters. The number of ether oxygens (including phenoxy) is 1. The Balaban J connectivity index is 1.50. The first-order valence-electron chi connectivity index (χ1n) is 12.0. The smallest absolute Gasteiger partial charge is 0.253 e. The Kier molecular flexibility index (Phi) is 8.32. The summed E-state index contributed by atoms with van der Waals surface area (Å²) in [6.45, 7) is 9.89. The van der Waals surface area contributed by atoms with Crippen molar-refractivity contribution in [2.75, 3.05) is 39.4 Å². The number of aromatic amines is 1. The fourth-order valence-electron chi connectivity index (χ4n) is 4.42. The number of nitrogens with one attached hydrogen (secondary N) is 2. The second-order valence-electron chi connectivity index (χ2n) is 8.97. The van der Waals surface area contributed by atoms with Crippen LogP contribution in [-0.4, -0.2) is 59.3 Å². The van der Waals surface area contributed by atoms with Crippen molar-refractivity contribution in [2.24, 2.45) is 0 Å². The molecule has 1 unspecified atom stereocenters. The number of aryl methyl sites for hydroxylation is 1. The van der Waals surface area contributed by atoms with Gasteiger partial charge in [-0.1, -0.05) is 48.5 Å². The highest BCUT2D eigenvalue weighted by Crippen LogP contribution is 2.17. The predicted octanol–water partition coefficient (Wildman–Crippen LogP) is 4.00. The van der Waals surface area contributed by atoms with Crippen LogP contribution in [0.25, 0.3) is 10.9 Å². The van der Waals surface area contributed by atoms with E-state index in [4.69, 9.17) is 17.0 Å². The van der Waals surface area contributed by atoms with Gasteiger partial charge in [0.25, 0.3) is 5.56 Å². The Morgan fingerprint density at radius 1 is 1.18 bits per heavy atom. The van der Waals surface area contributed by atoms with Gasteiger partial charge in [0.15, 0.2) is 5.11 Å². The predicted molar refractivity (Wildman–Crippen MR) is 142 cm³/mol. The number of aromatic nitrogens is 1. The maximum Gasteiger partial charge on any atom is 0.253 e. The minimum Gasteiger partial charge on any atom is -0.379 e. The molecular weight excluding hydrogens is 444 g/mol. The molecule has 2 heterocycles. The number of hydrogen-bond donors (Lipinski definition) is 2. The van der Waals surface area contributed by atoms with Crippen molar-refractivity contribution < 1.29 is 4.74 Å². The molecule has 2 N–H and O–H groups in total. The lowest BCUT2D eigenvalue weighted by atomic mass is 10.1. The zero-order valence-corrected chi connectivity index (χ0v) is 20.9. The molecule has 4 rings (SSSR count). The summed E-state index contributed by atoms with van der Waals surface area (Å²) in [5.41, 5.74) is 3.81. The normalized spacial score (nSPS) is 15.2. The Morgan fingerprint density at radius 3 is 2.71 bits per heavy atom. The van der Waals surface area contributed by atoms with Crippen LogP contribution in [0, 0.1) is 6.92 Å². The van der Waals surface area contributed by atoms with Crippen molar-refractivity contribution in [3.8, 4) is 0 Å². The average molecular weight is 479 g/mol. The molecule has 1 aromatic heterocycles. The summed E-state index contributed by atoms with van der Waals surface area (Å²) < 4.78 is 5.47. The van der Waals surface area contributed by atoms with Gasteiger partial charge in [-0.3, -0.25) is 9.69 Å². The van der Waals surface area contributed by atoms with Gasteiger partial charge in [-0.2, -0.15) is 0 Å². The highest BCUT2D eigenvalue weighted by atomic mass is 32.1. The number of nitrogens with zero attached hydrogens (tertiary/aromatic N) is 2. The number of rotatable bonds is 8. The van der Waals surface area contributed by atoms with Gasteiger partial charge >= 0.3 is 0 Å². The van der Waals surface area contributed by atoms with E-state index in [1.165, 1.54) is 5.56 Å². The molecular formula is C27H34N4O2S. The summed E-state index contributed by atoms with van der Waals surface area (Å²) in [5.74, 6) is 0. The number of H-pyrrole nitrogens is 1. The van der Waals surface area contributed by atoms with Crippen LogP contribution < -0.4 is 10.9 Å². The number of benzene rings is 2. The van der Waals surface area contributed by atoms with Crippen LogP contribution >= 0.6 is 12.2 Å². The van der Waals surface area contributed by atoms with Crippen LogP contribution in [0.2, 0.25) is 0 Å². The van der Waals surface area contributed by atoms with Gasteiger partial charge in [-0.25, -0.2) is 0 Å². The Hall–Kier alpha value is -2.74. The molecule has 1 aliphatic heterocycles. The van der Waals surface area contributed by atoms with E-state index in [9.17, 15) is 4.79 Å². The summed E-state index contributed by atoms with van der Waals surface area (Å²) in [7, 11) is 0. The van der Waals surface area contributed by atoms with Crippen LogP contribution in [0.1, 0.15) is 36.1 Å². The van der Waals surface area contributed by atoms with Gasteiger partial charge in [0.1, 0.15) is 0 Å². The second-order valence-corrected chi connectivity index (χ2v) is 9.36. The molecule has 0 radical (unpaired) electrons. The van der Waals surface area contributed by atoms with Gasteiger partial charge in [0.2, 0.25) is 0 Å². The van der Waals surface area contributed by atoms with Crippen LogP contribution in [0.3, 0.4) is 0 Å². The summed E-state index contributed by atoms with van der Waals surface area (Å²) in [4.78, 5) is 20.6. The Morgan fingerprint density at radius 2 is 1.94 bits per heavy atom. The number of hydrogen-bond acceptors (Lipinski definition) is 4. The second kappa shape index (κ2) is 11.6. The van der Waals surface area contributed by atoms with Gasteiger partial charge in [0.05, 0.1) is 31.3 Å². The molecule has 0 saturated carbocycles. The molecule has 0 amide bonds. The molecule has 1 aliphatic rings. The number of para-hydroxylation sites is 1. The van der Waals surface area contributed by atoms with Crippen molar-refractivity contribution in [2.45, 2.75) is 32.9 Å². The van der Waals surface area contributed by atoms with E-state index < -0.39 is 0 Å². The first-order valence-corrected chi connectivity index (χ1v) is 12.4. The lowest BCUT2D eigenvalue weighted by molar-refractivity contribution is 0.0367. The maximum absolute atomic E-state index is 12.9. The van der Waals surface area contributed by atoms with Gasteiger partial charge in [-0.05, 0) is 55.1 Å². The standard InChI is InChI=1S/C27H34N4O2S/c1-20-8-6-11-23-18-24(26(32)29-25(20)23)19-31(13-7-12-30-14-16-33-17-15-30)27(34)28-21(2)22-9-4-3-5-10-22/h3-6,8-11,18,21H,7,12-17,19H2,1-2H3,(H,28,34)(H,29,32). The monoisotopic (exact) mass is 478 g/mol. The van der Waals surface area contributed by atoms with Crippen molar-refractivity contribution in [3.63, 3.8) is 0 Å². The molecule has 7 heteroatoms. The minimum absolute atomic E-state index is 0.0566. The maximum atomic E-state index is 12.9. The molecule has 0 aliphatic carbocycles. The van der Waals surface area contributed by atoms with Crippen molar-refractivity contribution in [3.05, 3.63) is 81.6 Å². The zero-order valence-electron chi connectivity index (χ0n) is 20.0. The minimum atomic E-state index is -0.0566. The Labute approximate surface area is 206 Å². The molecule has 2 aromatic carbocycles. The third kappa shape index (κ3) is 6.23. The van der Waals surface area contributed by atoms with Crippen molar-refractivity contribution in [1.29, 1.82) is 0 Å². The van der Waals surface area contributed by atoms with Crippen LogP contribution in [0.4, 0.5) is 0 Å². The van der Waals surface area contributed by atoms with E-state index in [0.29, 0.717) is 11.7 Å². The molecule has 3 aromatic rings. The molecule has 0 spiro atoms. The van der Waals surface area contributed by atoms with E-state index in [-0.39, 0.29) is 11.6 Å². The highest BCUT2D eigenvalue weighted by Gasteiger charge is 2.17. The quantitative estimate of drug-likeness (QED) is 0.478. The first kappa shape index (κ1) is 24.4. The molecule has 1 saturated heterocycles. The topological polar surface area (TPSA) is 60.6 Å². The average Bonchev–Trinajstić information content (AvgIpc) is 2.85. The molecule has 1 fully saturated rings. The van der Waals surface area contributed by atoms with Crippen molar-refractivity contribution in [1.82, 2.24) is 20.1 Å². The van der Waals surface area contributed by atoms with E-state index >= 15 is 0 Å². The highest BCUT2D eigenvalue weighted by molar-refractivity contribution is 7.80. The fourth-order valence-corrected chi connectivity index (χ4v) is 4.75. The number of morpholine rings is 1. The summed E-state index contributed by atoms with van der Waals surface area (Å²) in [5, 5.41) is 5.19. The number of pyridine rings is 1. The third-order valence-corrected chi connectivity index (χ3v) is 6.84. The summed E-state index contributed by atoms with van der Waals surface area (Å²) >= 11 is 5.85. The number of thiocarbonyl (C=S) groups is 1. The van der Waals surface area contributed by atoms with Gasteiger partial charge in [-0.15, -0.1) is 0 Å². The van der Waals surface area contributed by atoms with Crippen LogP contribution in [0.15, 0.2) is 59.4 Å². The fraction of sp³-hybridized carbons (Fsp3) is 0.407. The van der Waals surface area contributed by atoms with E-state index in [1.807, 2.05) is 49.4 Å². The van der Waals surface area contributed by atoms with E-state index in [1.54, 1.807) is 0 Å². The molecule has 34 heavy (non-hydrogen) atoms. The largest absolute Gasteiger partial charge is 0.379 e. The zero-order chi connectivity index (χ0) is 23.9. The lowest BCUT2D eigenvalue weighted by Crippen LogP contribution is -2.43. The van der Waals surface area contributed by atoms with Crippen LogP contribution in [-0.2, 0) is 11.3 Å². The molecule has 0 bridgehead atoms. The SMILES string of the molecule is Cc1cccc2cc(CN(CCCN3CCOCC3)C(=S)NC(C)c3ccccc3)c(=O)[nH]c12. The molecule has 6 nitrogen and oxygen atoms in total. The lowest BCUT2D eigenvalue weighted by Gasteiger charge is -2.30. The van der Waals surface area contributed by atoms with E-state index in [0.717, 1.165) is 67.8 Å². The summed E-state index contributed by atoms with van der Waals surface area (Å²) in [6, 6.07) is 18.4. The Bertz CT molecular complexity index is 1160. The van der Waals surface area contributed by atoms with E-state index in [2.05, 4.69) is 39.2 Å².